The van der Waals surface area contributed by atoms with Crippen LogP contribution in [0.25, 0.3) is 0 Å². The molecule has 5 saturated carbocycles. The van der Waals surface area contributed by atoms with Gasteiger partial charge in [0.15, 0.2) is 0 Å². The predicted molar refractivity (Wildman–Crippen MR) is 92.1 cm³/mol. The zero-order chi connectivity index (χ0) is 16.7. The highest BCUT2D eigenvalue weighted by molar-refractivity contribution is 5.97. The van der Waals surface area contributed by atoms with Crippen molar-refractivity contribution >= 4 is 11.9 Å². The molecule has 134 valence electrons. The maximum absolute atomic E-state index is 12.6. The van der Waals surface area contributed by atoms with Gasteiger partial charge in [-0.2, -0.15) is 0 Å². The van der Waals surface area contributed by atoms with E-state index in [9.17, 15) is 9.59 Å². The summed E-state index contributed by atoms with van der Waals surface area (Å²) in [5, 5.41) is 0. The molecule has 0 spiro atoms. The van der Waals surface area contributed by atoms with Crippen LogP contribution < -0.4 is 0 Å². The van der Waals surface area contributed by atoms with Gasteiger partial charge in [0.2, 0.25) is 0 Å². The summed E-state index contributed by atoms with van der Waals surface area (Å²) >= 11 is 0. The minimum Gasteiger partial charge on any atom is -0.393 e. The van der Waals surface area contributed by atoms with Crippen molar-refractivity contribution in [1.29, 1.82) is 0 Å². The summed E-state index contributed by atoms with van der Waals surface area (Å²) in [7, 11) is 0. The lowest BCUT2D eigenvalue weighted by Gasteiger charge is -2.64. The number of hydrogen-bond acceptors (Lipinski definition) is 3. The highest BCUT2D eigenvalue weighted by Crippen LogP contribution is 2.68. The Hall–Kier alpha value is -1.12. The van der Waals surface area contributed by atoms with E-state index in [0.717, 1.165) is 11.8 Å². The molecular weight excluding hydrogens is 312 g/mol. The van der Waals surface area contributed by atoms with E-state index in [2.05, 4.69) is 12.2 Å². The van der Waals surface area contributed by atoms with Crippen LogP contribution in [-0.2, 0) is 14.3 Å². The first kappa shape index (κ1) is 15.0. The molecule has 1 saturated heterocycles. The third-order valence-corrected chi connectivity index (χ3v) is 9.22. The van der Waals surface area contributed by atoms with Crippen LogP contribution in [0.2, 0.25) is 0 Å². The van der Waals surface area contributed by atoms with Crippen LogP contribution in [0.15, 0.2) is 12.2 Å². The van der Waals surface area contributed by atoms with Gasteiger partial charge in [0.25, 0.3) is 0 Å². The highest BCUT2D eigenvalue weighted by atomic mass is 16.6. The van der Waals surface area contributed by atoms with Crippen molar-refractivity contribution in [3.8, 4) is 0 Å². The van der Waals surface area contributed by atoms with Gasteiger partial charge in [-0.3, -0.25) is 9.59 Å². The minimum atomic E-state index is -0.168. The Labute approximate surface area is 149 Å². The third kappa shape index (κ3) is 1.88. The van der Waals surface area contributed by atoms with Crippen molar-refractivity contribution < 1.29 is 14.3 Å². The second kappa shape index (κ2) is 5.20. The largest absolute Gasteiger partial charge is 0.393 e. The van der Waals surface area contributed by atoms with Gasteiger partial charge >= 0.3 is 11.9 Å². The van der Waals surface area contributed by atoms with E-state index in [1.54, 1.807) is 0 Å². The van der Waals surface area contributed by atoms with E-state index in [-0.39, 0.29) is 23.8 Å². The second-order valence-corrected chi connectivity index (χ2v) is 9.82. The quantitative estimate of drug-likeness (QED) is 0.381. The van der Waals surface area contributed by atoms with Crippen molar-refractivity contribution in [1.82, 2.24) is 0 Å². The minimum absolute atomic E-state index is 0.0891. The molecule has 7 aliphatic rings. The monoisotopic (exact) mass is 340 g/mol. The number of esters is 2. The molecule has 10 unspecified atom stereocenters. The second-order valence-electron chi connectivity index (χ2n) is 9.82. The molecule has 0 amide bonds. The summed E-state index contributed by atoms with van der Waals surface area (Å²) in [6.07, 6.45) is 15.0. The van der Waals surface area contributed by atoms with Gasteiger partial charge in [0.05, 0.1) is 11.8 Å². The van der Waals surface area contributed by atoms with Crippen molar-refractivity contribution in [2.24, 2.45) is 59.2 Å². The Balaban J connectivity index is 1.44. The Bertz CT molecular complexity index is 598. The fraction of sp³-hybridized carbons (Fsp3) is 0.818. The number of carbonyl (C=O) groups is 2. The molecule has 2 bridgehead atoms. The molecule has 25 heavy (non-hydrogen) atoms. The molecule has 1 aliphatic heterocycles. The van der Waals surface area contributed by atoms with E-state index in [1.165, 1.54) is 51.4 Å². The summed E-state index contributed by atoms with van der Waals surface area (Å²) in [4.78, 5) is 25.2. The lowest BCUT2D eigenvalue weighted by atomic mass is 9.38. The van der Waals surface area contributed by atoms with Crippen molar-refractivity contribution in [3.63, 3.8) is 0 Å². The van der Waals surface area contributed by atoms with E-state index in [4.69, 9.17) is 4.74 Å². The number of fused-ring (bicyclic) bond motifs is 1. The van der Waals surface area contributed by atoms with Crippen molar-refractivity contribution in [3.05, 3.63) is 12.2 Å². The molecule has 0 aromatic heterocycles. The van der Waals surface area contributed by atoms with Gasteiger partial charge in [0, 0.05) is 0 Å². The first-order valence-corrected chi connectivity index (χ1v) is 10.6. The van der Waals surface area contributed by atoms with Crippen LogP contribution >= 0.6 is 0 Å². The zero-order valence-electron chi connectivity index (χ0n) is 14.8. The topological polar surface area (TPSA) is 43.4 Å². The molecule has 1 heterocycles. The molecule has 6 aliphatic carbocycles. The molecule has 10 atom stereocenters. The highest BCUT2D eigenvalue weighted by Gasteiger charge is 2.69. The fourth-order valence-corrected chi connectivity index (χ4v) is 8.60. The molecule has 3 nitrogen and oxygen atoms in total. The maximum atomic E-state index is 12.6. The molecule has 6 fully saturated rings. The maximum Gasteiger partial charge on any atom is 0.317 e. The average Bonchev–Trinajstić information content (AvgIpc) is 2.95. The van der Waals surface area contributed by atoms with Crippen LogP contribution in [-0.4, -0.2) is 11.9 Å². The van der Waals surface area contributed by atoms with Gasteiger partial charge in [-0.15, -0.1) is 0 Å². The standard InChI is InChI=1S/C22H28O3/c23-21-19-17-13-7-3-4-8-14(13)18(20(19)22(24)25-21)16-10-12-6-2-1-5-11(12)9-15(16)17/h1-2,11-20H,3-10H2. The molecule has 0 aromatic carbocycles. The normalized spacial score (nSPS) is 55.8. The van der Waals surface area contributed by atoms with Crippen LogP contribution in [0.5, 0.6) is 0 Å². The Morgan fingerprint density at radius 2 is 1.20 bits per heavy atom. The summed E-state index contributed by atoms with van der Waals surface area (Å²) in [6, 6.07) is 0. The summed E-state index contributed by atoms with van der Waals surface area (Å²) in [5.41, 5.74) is 0. The number of ether oxygens (including phenoxy) is 1. The Morgan fingerprint density at radius 1 is 0.720 bits per heavy atom. The predicted octanol–water partition coefficient (Wildman–Crippen LogP) is 3.98. The zero-order valence-corrected chi connectivity index (χ0v) is 14.8. The van der Waals surface area contributed by atoms with Gasteiger partial charge in [-0.05, 0) is 85.9 Å². The molecule has 7 rings (SSSR count). The van der Waals surface area contributed by atoms with Gasteiger partial charge in [0.1, 0.15) is 0 Å². The lowest BCUT2D eigenvalue weighted by molar-refractivity contribution is -0.186. The smallest absolute Gasteiger partial charge is 0.317 e. The lowest BCUT2D eigenvalue weighted by Crippen LogP contribution is -2.62. The molecule has 0 radical (unpaired) electrons. The van der Waals surface area contributed by atoms with Gasteiger partial charge < -0.3 is 4.74 Å². The van der Waals surface area contributed by atoms with Crippen LogP contribution in [0.4, 0.5) is 0 Å². The average molecular weight is 340 g/mol. The molecular formula is C22H28O3. The number of cyclic esters (lactones) is 2. The van der Waals surface area contributed by atoms with E-state index in [1.807, 2.05) is 0 Å². The number of carbonyl (C=O) groups excluding carboxylic acids is 2. The van der Waals surface area contributed by atoms with Crippen LogP contribution in [0.1, 0.15) is 51.4 Å². The van der Waals surface area contributed by atoms with Gasteiger partial charge in [-0.25, -0.2) is 0 Å². The summed E-state index contributed by atoms with van der Waals surface area (Å²) in [5.74, 6) is 4.74. The van der Waals surface area contributed by atoms with Crippen LogP contribution in [0.3, 0.4) is 0 Å². The van der Waals surface area contributed by atoms with E-state index in [0.29, 0.717) is 35.5 Å². The summed E-state index contributed by atoms with van der Waals surface area (Å²) < 4.78 is 5.23. The number of allylic oxidation sites excluding steroid dienone is 2. The molecule has 3 heteroatoms. The Morgan fingerprint density at radius 3 is 1.68 bits per heavy atom. The molecule has 0 aromatic rings. The third-order valence-electron chi connectivity index (χ3n) is 9.22. The van der Waals surface area contributed by atoms with Crippen molar-refractivity contribution in [2.75, 3.05) is 0 Å². The van der Waals surface area contributed by atoms with E-state index >= 15 is 0 Å². The summed E-state index contributed by atoms with van der Waals surface area (Å²) in [6.45, 7) is 0. The van der Waals surface area contributed by atoms with E-state index < -0.39 is 0 Å². The first-order chi connectivity index (χ1) is 12.2. The van der Waals surface area contributed by atoms with Crippen LogP contribution in [0, 0.1) is 59.2 Å². The van der Waals surface area contributed by atoms with Gasteiger partial charge in [-0.1, -0.05) is 25.0 Å². The number of rotatable bonds is 0. The fourth-order valence-electron chi connectivity index (χ4n) is 8.60. The van der Waals surface area contributed by atoms with Crippen molar-refractivity contribution in [2.45, 2.75) is 51.4 Å². The SMILES string of the molecule is O=C1OC(=O)C2C1C1C3CCCCC3C2C2CC3CC=CCC3CC21. The first-order valence-electron chi connectivity index (χ1n) is 10.6. The number of hydrogen-bond donors (Lipinski definition) is 0. The Kier molecular flexibility index (Phi) is 3.12. The molecule has 0 N–H and O–H groups in total.